The Kier molecular flexibility index (Phi) is 5.03. The summed E-state index contributed by atoms with van der Waals surface area (Å²) < 4.78 is 5.41. The number of hydrogen-bond donors (Lipinski definition) is 1. The van der Waals surface area contributed by atoms with Crippen molar-refractivity contribution in [3.05, 3.63) is 54.1 Å². The topological polar surface area (TPSA) is 58.6 Å². The molecule has 0 spiro atoms. The van der Waals surface area contributed by atoms with E-state index in [2.05, 4.69) is 5.32 Å². The number of imide groups is 1. The highest BCUT2D eigenvalue weighted by Gasteiger charge is 2.40. The molecule has 0 radical (unpaired) electrons. The Morgan fingerprint density at radius 3 is 2.48 bits per heavy atom. The first kappa shape index (κ1) is 17.0. The third kappa shape index (κ3) is 3.50. The minimum absolute atomic E-state index is 0.157. The van der Waals surface area contributed by atoms with Crippen LogP contribution in [-0.4, -0.2) is 24.5 Å². The summed E-state index contributed by atoms with van der Waals surface area (Å²) >= 11 is 0. The summed E-state index contributed by atoms with van der Waals surface area (Å²) in [6.45, 7) is 4.55. The van der Waals surface area contributed by atoms with Gasteiger partial charge in [-0.15, -0.1) is 0 Å². The van der Waals surface area contributed by atoms with Crippen LogP contribution in [0.3, 0.4) is 0 Å². The molecule has 2 aromatic rings. The third-order valence-corrected chi connectivity index (χ3v) is 4.27. The normalized spacial score (nSPS) is 17.0. The number of hydrogen-bond acceptors (Lipinski definition) is 4. The summed E-state index contributed by atoms with van der Waals surface area (Å²) in [4.78, 5) is 26.5. The molecule has 1 heterocycles. The van der Waals surface area contributed by atoms with Crippen molar-refractivity contribution in [2.24, 2.45) is 0 Å². The maximum atomic E-state index is 12.8. The first-order chi connectivity index (χ1) is 12.1. The average molecular weight is 338 g/mol. The minimum Gasteiger partial charge on any atom is -0.494 e. The van der Waals surface area contributed by atoms with E-state index in [1.165, 1.54) is 4.90 Å². The summed E-state index contributed by atoms with van der Waals surface area (Å²) in [5, 5.41) is 3.16. The lowest BCUT2D eigenvalue weighted by atomic mass is 10.1. The van der Waals surface area contributed by atoms with Crippen molar-refractivity contribution in [2.75, 3.05) is 16.8 Å². The maximum absolute atomic E-state index is 12.8. The molecule has 0 unspecified atom stereocenters. The number of amides is 2. The predicted octanol–water partition coefficient (Wildman–Crippen LogP) is 3.39. The van der Waals surface area contributed by atoms with E-state index >= 15 is 0 Å². The van der Waals surface area contributed by atoms with Crippen LogP contribution >= 0.6 is 0 Å². The molecule has 0 aromatic heterocycles. The first-order valence-electron chi connectivity index (χ1n) is 8.58. The molecule has 2 amide bonds. The van der Waals surface area contributed by atoms with Crippen molar-refractivity contribution in [3.8, 4) is 5.75 Å². The number of anilines is 2. The van der Waals surface area contributed by atoms with Gasteiger partial charge in [0.2, 0.25) is 5.91 Å². The van der Waals surface area contributed by atoms with Crippen molar-refractivity contribution >= 4 is 23.2 Å². The fraction of sp³-hybridized carbons (Fsp3) is 0.300. The van der Waals surface area contributed by atoms with Crippen LogP contribution in [0.2, 0.25) is 0 Å². The van der Waals surface area contributed by atoms with E-state index in [4.69, 9.17) is 4.74 Å². The first-order valence-corrected chi connectivity index (χ1v) is 8.58. The van der Waals surface area contributed by atoms with Gasteiger partial charge in [-0.05, 0) is 49.2 Å². The maximum Gasteiger partial charge on any atom is 0.256 e. The van der Waals surface area contributed by atoms with Crippen molar-refractivity contribution in [3.63, 3.8) is 0 Å². The number of carbonyl (C=O) groups is 2. The van der Waals surface area contributed by atoms with Gasteiger partial charge < -0.3 is 10.1 Å². The smallest absolute Gasteiger partial charge is 0.256 e. The molecular formula is C20H22N2O3. The second-order valence-electron chi connectivity index (χ2n) is 5.91. The van der Waals surface area contributed by atoms with Crippen LogP contribution in [0.25, 0.3) is 0 Å². The molecule has 0 saturated carbocycles. The van der Waals surface area contributed by atoms with E-state index in [0.29, 0.717) is 12.3 Å². The van der Waals surface area contributed by atoms with Gasteiger partial charge in [-0.3, -0.25) is 9.59 Å². The van der Waals surface area contributed by atoms with Crippen LogP contribution < -0.4 is 15.0 Å². The molecule has 2 aromatic carbocycles. The van der Waals surface area contributed by atoms with Crippen LogP contribution in [-0.2, 0) is 16.0 Å². The molecule has 1 atom stereocenters. The molecule has 1 aliphatic rings. The Morgan fingerprint density at radius 1 is 1.08 bits per heavy atom. The number of nitrogens with zero attached hydrogens (tertiary/aromatic N) is 1. The van der Waals surface area contributed by atoms with Gasteiger partial charge in [0.15, 0.2) is 0 Å². The number of carbonyl (C=O) groups excluding carboxylic acids is 2. The zero-order valence-corrected chi connectivity index (χ0v) is 14.5. The summed E-state index contributed by atoms with van der Waals surface area (Å²) in [5.74, 6) is 0.398. The molecule has 3 rings (SSSR count). The van der Waals surface area contributed by atoms with Gasteiger partial charge in [-0.1, -0.05) is 25.1 Å². The van der Waals surface area contributed by atoms with Gasteiger partial charge in [-0.2, -0.15) is 0 Å². The summed E-state index contributed by atoms with van der Waals surface area (Å²) in [6, 6.07) is 14.4. The van der Waals surface area contributed by atoms with E-state index in [0.717, 1.165) is 23.4 Å². The standard InChI is InChI=1S/C20H22N2O3/c1-3-14-7-5-6-8-18(14)22-19(23)13-17(20(22)24)21-15-9-11-16(12-10-15)25-4-2/h5-12,17,21H,3-4,13H2,1-2H3/t17-/m1/s1. The van der Waals surface area contributed by atoms with Gasteiger partial charge in [-0.25, -0.2) is 4.90 Å². The summed E-state index contributed by atoms with van der Waals surface area (Å²) in [7, 11) is 0. The molecule has 130 valence electrons. The van der Waals surface area contributed by atoms with Crippen molar-refractivity contribution in [2.45, 2.75) is 32.7 Å². The SMILES string of the molecule is CCOc1ccc(N[C@@H]2CC(=O)N(c3ccccc3CC)C2=O)cc1. The zero-order valence-electron chi connectivity index (χ0n) is 14.5. The van der Waals surface area contributed by atoms with Gasteiger partial charge in [0.05, 0.1) is 18.7 Å². The third-order valence-electron chi connectivity index (χ3n) is 4.27. The van der Waals surface area contributed by atoms with Crippen LogP contribution in [0.1, 0.15) is 25.8 Å². The minimum atomic E-state index is -0.546. The van der Waals surface area contributed by atoms with Gasteiger partial charge in [0.25, 0.3) is 5.91 Å². The molecule has 1 saturated heterocycles. The van der Waals surface area contributed by atoms with Gasteiger partial charge >= 0.3 is 0 Å². The fourth-order valence-electron chi connectivity index (χ4n) is 3.04. The highest BCUT2D eigenvalue weighted by atomic mass is 16.5. The quantitative estimate of drug-likeness (QED) is 0.820. The molecule has 0 aliphatic carbocycles. The second kappa shape index (κ2) is 7.38. The molecule has 0 bridgehead atoms. The zero-order chi connectivity index (χ0) is 17.8. The number of para-hydroxylation sites is 1. The molecule has 1 N–H and O–H groups in total. The summed E-state index contributed by atoms with van der Waals surface area (Å²) in [6.07, 6.45) is 0.925. The van der Waals surface area contributed by atoms with Crippen molar-refractivity contribution in [1.82, 2.24) is 0 Å². The highest BCUT2D eigenvalue weighted by molar-refractivity contribution is 6.23. The molecule has 1 fully saturated rings. The van der Waals surface area contributed by atoms with Crippen molar-refractivity contribution < 1.29 is 14.3 Å². The second-order valence-corrected chi connectivity index (χ2v) is 5.91. The molecule has 5 nitrogen and oxygen atoms in total. The van der Waals surface area contributed by atoms with E-state index < -0.39 is 6.04 Å². The average Bonchev–Trinajstić information content (AvgIpc) is 2.90. The number of ether oxygens (including phenoxy) is 1. The molecule has 1 aliphatic heterocycles. The van der Waals surface area contributed by atoms with Gasteiger partial charge in [0.1, 0.15) is 11.8 Å². The van der Waals surface area contributed by atoms with Crippen molar-refractivity contribution in [1.29, 1.82) is 0 Å². The lowest BCUT2D eigenvalue weighted by Crippen LogP contribution is -2.35. The number of aryl methyl sites for hydroxylation is 1. The van der Waals surface area contributed by atoms with E-state index in [9.17, 15) is 9.59 Å². The van der Waals surface area contributed by atoms with E-state index in [1.807, 2.05) is 62.4 Å². The molecule has 5 heteroatoms. The Hall–Kier alpha value is -2.82. The molecule has 25 heavy (non-hydrogen) atoms. The van der Waals surface area contributed by atoms with Crippen LogP contribution in [0.15, 0.2) is 48.5 Å². The van der Waals surface area contributed by atoms with E-state index in [-0.39, 0.29) is 18.2 Å². The van der Waals surface area contributed by atoms with Gasteiger partial charge in [0, 0.05) is 5.69 Å². The lowest BCUT2D eigenvalue weighted by molar-refractivity contribution is -0.121. The van der Waals surface area contributed by atoms with Crippen LogP contribution in [0.4, 0.5) is 11.4 Å². The lowest BCUT2D eigenvalue weighted by Gasteiger charge is -2.19. The Bertz CT molecular complexity index is 771. The Labute approximate surface area is 147 Å². The highest BCUT2D eigenvalue weighted by Crippen LogP contribution is 2.28. The number of nitrogens with one attached hydrogen (secondary N) is 1. The largest absolute Gasteiger partial charge is 0.494 e. The molecular weight excluding hydrogens is 316 g/mol. The monoisotopic (exact) mass is 338 g/mol. The van der Waals surface area contributed by atoms with E-state index in [1.54, 1.807) is 0 Å². The number of rotatable bonds is 6. The number of benzene rings is 2. The fourth-order valence-corrected chi connectivity index (χ4v) is 3.04. The Balaban J connectivity index is 1.77. The predicted molar refractivity (Wildman–Crippen MR) is 98.0 cm³/mol. The van der Waals surface area contributed by atoms with Crippen LogP contribution in [0.5, 0.6) is 5.75 Å². The Morgan fingerprint density at radius 2 is 1.80 bits per heavy atom. The van der Waals surface area contributed by atoms with Crippen LogP contribution in [0, 0.1) is 0 Å². The summed E-state index contributed by atoms with van der Waals surface area (Å²) in [5.41, 5.74) is 2.47.